The van der Waals surface area contributed by atoms with Crippen LogP contribution in [0, 0.1) is 0 Å². The van der Waals surface area contributed by atoms with E-state index in [1.54, 1.807) is 25.1 Å². The number of guanidine groups is 1. The minimum Gasteiger partial charge on any atom is -0.354 e. The zero-order chi connectivity index (χ0) is 18.8. The first-order valence-electron chi connectivity index (χ1n) is 9.24. The number of carbonyl (C=O) groups excluding carboxylic acids is 1. The van der Waals surface area contributed by atoms with Gasteiger partial charge in [-0.1, -0.05) is 36.4 Å². The number of carbonyl (C=O) groups is 1. The third-order valence-corrected chi connectivity index (χ3v) is 4.51. The lowest BCUT2D eigenvalue weighted by Crippen LogP contribution is -2.43. The second kappa shape index (κ2) is 10.6. The predicted molar refractivity (Wildman–Crippen MR) is 107 cm³/mol. The largest absolute Gasteiger partial charge is 0.354 e. The van der Waals surface area contributed by atoms with E-state index in [-0.39, 0.29) is 12.5 Å². The molecule has 1 heterocycles. The fourth-order valence-electron chi connectivity index (χ4n) is 3.01. The minimum atomic E-state index is -0.0242. The molecule has 0 aromatic heterocycles. The van der Waals surface area contributed by atoms with Crippen molar-refractivity contribution in [2.45, 2.75) is 18.9 Å². The first kappa shape index (κ1) is 20.0. The monoisotopic (exact) mass is 357 g/mol. The van der Waals surface area contributed by atoms with Crippen molar-refractivity contribution in [3.05, 3.63) is 48.6 Å². The van der Waals surface area contributed by atoms with Crippen LogP contribution in [-0.2, 0) is 4.79 Å². The van der Waals surface area contributed by atoms with Crippen LogP contribution in [-0.4, -0.2) is 68.5 Å². The van der Waals surface area contributed by atoms with Gasteiger partial charge >= 0.3 is 0 Å². The van der Waals surface area contributed by atoms with Crippen LogP contribution in [0.15, 0.2) is 48.0 Å². The molecule has 1 atom stereocenters. The molecule has 0 radical (unpaired) electrons. The Morgan fingerprint density at radius 3 is 2.58 bits per heavy atom. The quantitative estimate of drug-likeness (QED) is 0.422. The van der Waals surface area contributed by atoms with Crippen molar-refractivity contribution >= 4 is 11.9 Å². The maximum absolute atomic E-state index is 11.8. The molecule has 0 spiro atoms. The molecule has 1 aliphatic heterocycles. The number of likely N-dealkylation sites (N-methyl/N-ethyl adjacent to an activating group) is 1. The van der Waals surface area contributed by atoms with Crippen LogP contribution < -0.4 is 10.6 Å². The van der Waals surface area contributed by atoms with Crippen molar-refractivity contribution in [1.82, 2.24) is 20.4 Å². The van der Waals surface area contributed by atoms with Crippen molar-refractivity contribution in [2.75, 3.05) is 46.8 Å². The Bertz CT molecular complexity index is 593. The molecule has 1 saturated heterocycles. The number of hydrogen-bond acceptors (Lipinski definition) is 3. The fraction of sp³-hybridized carbons (Fsp3) is 0.500. The van der Waals surface area contributed by atoms with E-state index in [9.17, 15) is 4.79 Å². The highest BCUT2D eigenvalue weighted by Crippen LogP contribution is 2.24. The maximum atomic E-state index is 11.8. The van der Waals surface area contributed by atoms with Gasteiger partial charge in [-0.25, -0.2) is 4.99 Å². The van der Waals surface area contributed by atoms with Gasteiger partial charge in [-0.2, -0.15) is 0 Å². The highest BCUT2D eigenvalue weighted by atomic mass is 16.2. The van der Waals surface area contributed by atoms with Gasteiger partial charge < -0.3 is 15.5 Å². The van der Waals surface area contributed by atoms with Crippen molar-refractivity contribution in [3.8, 4) is 0 Å². The SMILES string of the molecule is C=CCNC(=NCC(=O)N(C)C)NCC(c1ccccc1)N1CCCC1. The van der Waals surface area contributed by atoms with E-state index in [1.165, 1.54) is 18.4 Å². The Hall–Kier alpha value is -2.34. The van der Waals surface area contributed by atoms with Crippen LogP contribution in [0.5, 0.6) is 0 Å². The van der Waals surface area contributed by atoms with Gasteiger partial charge in [0.15, 0.2) is 5.96 Å². The Morgan fingerprint density at radius 1 is 1.27 bits per heavy atom. The summed E-state index contributed by atoms with van der Waals surface area (Å²) in [6.07, 6.45) is 4.27. The number of aliphatic imine (C=N–C) groups is 1. The summed E-state index contributed by atoms with van der Waals surface area (Å²) in [4.78, 5) is 20.3. The molecule has 1 amide bonds. The summed E-state index contributed by atoms with van der Waals surface area (Å²) in [5.74, 6) is 0.615. The van der Waals surface area contributed by atoms with Crippen molar-refractivity contribution in [2.24, 2.45) is 4.99 Å². The molecule has 26 heavy (non-hydrogen) atoms. The van der Waals surface area contributed by atoms with Crippen molar-refractivity contribution in [3.63, 3.8) is 0 Å². The number of likely N-dealkylation sites (tertiary alicyclic amines) is 1. The molecule has 0 bridgehead atoms. The van der Waals surface area contributed by atoms with Gasteiger partial charge in [0.05, 0.1) is 6.04 Å². The van der Waals surface area contributed by atoms with Crippen LogP contribution >= 0.6 is 0 Å². The van der Waals surface area contributed by atoms with Crippen LogP contribution in [0.4, 0.5) is 0 Å². The van der Waals surface area contributed by atoms with Gasteiger partial charge in [0.1, 0.15) is 6.54 Å². The lowest BCUT2D eigenvalue weighted by Gasteiger charge is -2.29. The predicted octanol–water partition coefficient (Wildman–Crippen LogP) is 1.63. The summed E-state index contributed by atoms with van der Waals surface area (Å²) in [5, 5.41) is 6.60. The van der Waals surface area contributed by atoms with E-state index in [1.807, 2.05) is 6.07 Å². The number of rotatable bonds is 8. The first-order valence-corrected chi connectivity index (χ1v) is 9.24. The van der Waals surface area contributed by atoms with E-state index in [4.69, 9.17) is 0 Å². The lowest BCUT2D eigenvalue weighted by atomic mass is 10.1. The summed E-state index contributed by atoms with van der Waals surface area (Å²) in [6.45, 7) is 7.43. The summed E-state index contributed by atoms with van der Waals surface area (Å²) in [7, 11) is 3.47. The van der Waals surface area contributed by atoms with E-state index < -0.39 is 0 Å². The topological polar surface area (TPSA) is 60.0 Å². The first-order chi connectivity index (χ1) is 12.6. The number of hydrogen-bond donors (Lipinski definition) is 2. The zero-order valence-corrected chi connectivity index (χ0v) is 15.9. The molecule has 0 aliphatic carbocycles. The van der Waals surface area contributed by atoms with Gasteiger partial charge in [-0.15, -0.1) is 6.58 Å². The average Bonchev–Trinajstić information content (AvgIpc) is 3.18. The third kappa shape index (κ3) is 6.19. The van der Waals surface area contributed by atoms with Gasteiger partial charge in [-0.3, -0.25) is 9.69 Å². The van der Waals surface area contributed by atoms with Gasteiger partial charge in [0.25, 0.3) is 0 Å². The van der Waals surface area contributed by atoms with E-state index in [0.717, 1.165) is 19.6 Å². The normalized spacial score (nSPS) is 16.2. The van der Waals surface area contributed by atoms with Crippen molar-refractivity contribution < 1.29 is 4.79 Å². The average molecular weight is 358 g/mol. The second-order valence-electron chi connectivity index (χ2n) is 6.67. The summed E-state index contributed by atoms with van der Waals surface area (Å²) >= 11 is 0. The van der Waals surface area contributed by atoms with Crippen LogP contribution in [0.2, 0.25) is 0 Å². The van der Waals surface area contributed by atoms with Crippen molar-refractivity contribution in [1.29, 1.82) is 0 Å². The summed E-state index contributed by atoms with van der Waals surface area (Å²) in [6, 6.07) is 10.9. The molecule has 1 unspecified atom stereocenters. The summed E-state index contributed by atoms with van der Waals surface area (Å²) in [5.41, 5.74) is 1.30. The lowest BCUT2D eigenvalue weighted by molar-refractivity contribution is -0.127. The molecule has 2 rings (SSSR count). The molecular weight excluding hydrogens is 326 g/mol. The zero-order valence-electron chi connectivity index (χ0n) is 15.9. The number of amides is 1. The molecular formula is C20H31N5O. The number of nitrogens with one attached hydrogen (secondary N) is 2. The third-order valence-electron chi connectivity index (χ3n) is 4.51. The fourth-order valence-corrected chi connectivity index (χ4v) is 3.01. The smallest absolute Gasteiger partial charge is 0.243 e. The van der Waals surface area contributed by atoms with Crippen LogP contribution in [0.25, 0.3) is 0 Å². The Balaban J connectivity index is 2.05. The van der Waals surface area contributed by atoms with E-state index in [0.29, 0.717) is 18.5 Å². The molecule has 1 aromatic rings. The standard InChI is InChI=1S/C20H31N5O/c1-4-12-21-20(23-16-19(26)24(2)3)22-15-18(25-13-8-9-14-25)17-10-6-5-7-11-17/h4-7,10-11,18H,1,8-9,12-16H2,2-3H3,(H2,21,22,23). The van der Waals surface area contributed by atoms with E-state index >= 15 is 0 Å². The Morgan fingerprint density at radius 2 is 1.96 bits per heavy atom. The molecule has 142 valence electrons. The summed E-state index contributed by atoms with van der Waals surface area (Å²) < 4.78 is 0. The van der Waals surface area contributed by atoms with Gasteiger partial charge in [0.2, 0.25) is 5.91 Å². The van der Waals surface area contributed by atoms with Gasteiger partial charge in [0, 0.05) is 27.2 Å². The van der Waals surface area contributed by atoms with Gasteiger partial charge in [-0.05, 0) is 31.5 Å². The molecule has 6 nitrogen and oxygen atoms in total. The molecule has 1 fully saturated rings. The van der Waals surface area contributed by atoms with Crippen LogP contribution in [0.3, 0.4) is 0 Å². The van der Waals surface area contributed by atoms with E-state index in [2.05, 4.69) is 51.4 Å². The Labute approximate surface area is 157 Å². The minimum absolute atomic E-state index is 0.0242. The second-order valence-corrected chi connectivity index (χ2v) is 6.67. The molecule has 6 heteroatoms. The number of nitrogens with zero attached hydrogens (tertiary/aromatic N) is 3. The molecule has 0 saturated carbocycles. The highest BCUT2D eigenvalue weighted by Gasteiger charge is 2.23. The highest BCUT2D eigenvalue weighted by molar-refractivity contribution is 5.84. The maximum Gasteiger partial charge on any atom is 0.243 e. The van der Waals surface area contributed by atoms with Crippen LogP contribution in [0.1, 0.15) is 24.4 Å². The molecule has 1 aromatic carbocycles. The molecule has 1 aliphatic rings. The Kier molecular flexibility index (Phi) is 8.15. The molecule has 2 N–H and O–H groups in total. The number of benzene rings is 1.